The first-order valence-corrected chi connectivity index (χ1v) is 8.62. The summed E-state index contributed by atoms with van der Waals surface area (Å²) in [5.74, 6) is -0.132. The smallest absolute Gasteiger partial charge is 0.273 e. The van der Waals surface area contributed by atoms with Gasteiger partial charge in [-0.25, -0.2) is 4.68 Å². The van der Waals surface area contributed by atoms with Crippen LogP contribution < -0.4 is 10.6 Å². The van der Waals surface area contributed by atoms with Gasteiger partial charge < -0.3 is 10.6 Å². The Balaban J connectivity index is 1.59. The summed E-state index contributed by atoms with van der Waals surface area (Å²) in [6.45, 7) is 4.53. The highest BCUT2D eigenvalue weighted by molar-refractivity contribution is 7.07. The summed E-state index contributed by atoms with van der Waals surface area (Å²) in [5, 5.41) is 18.7. The van der Waals surface area contributed by atoms with Crippen LogP contribution in [0.2, 0.25) is 0 Å². The van der Waals surface area contributed by atoms with Gasteiger partial charge in [0, 0.05) is 6.54 Å². The van der Waals surface area contributed by atoms with Gasteiger partial charge in [0.05, 0.1) is 11.7 Å². The van der Waals surface area contributed by atoms with Crippen LogP contribution in [0.15, 0.2) is 16.8 Å². The summed E-state index contributed by atoms with van der Waals surface area (Å²) in [5.41, 5.74) is 2.56. The number of rotatable bonds is 5. The highest BCUT2D eigenvalue weighted by Gasteiger charge is 2.22. The predicted octanol–water partition coefficient (Wildman–Crippen LogP) is 1.55. The Morgan fingerprint density at radius 2 is 2.32 bits per heavy atom. The molecule has 0 saturated carbocycles. The average molecular weight is 319 g/mol. The first kappa shape index (κ1) is 15.2. The van der Waals surface area contributed by atoms with Crippen molar-refractivity contribution in [2.24, 2.45) is 0 Å². The van der Waals surface area contributed by atoms with Gasteiger partial charge in [0.25, 0.3) is 5.91 Å². The van der Waals surface area contributed by atoms with E-state index in [-0.39, 0.29) is 5.91 Å². The number of carbonyl (C=O) groups is 1. The van der Waals surface area contributed by atoms with E-state index < -0.39 is 0 Å². The topological polar surface area (TPSA) is 71.8 Å². The molecule has 2 aromatic rings. The quantitative estimate of drug-likeness (QED) is 0.877. The molecule has 0 radical (unpaired) electrons. The molecule has 1 saturated heterocycles. The number of hydrogen-bond acceptors (Lipinski definition) is 5. The van der Waals surface area contributed by atoms with Crippen LogP contribution in [0.1, 0.15) is 40.6 Å². The van der Waals surface area contributed by atoms with E-state index >= 15 is 0 Å². The molecule has 2 aromatic heterocycles. The Labute approximate surface area is 133 Å². The lowest BCUT2D eigenvalue weighted by molar-refractivity contribution is 0.0948. The zero-order valence-corrected chi connectivity index (χ0v) is 13.5. The molecule has 118 valence electrons. The highest BCUT2D eigenvalue weighted by Crippen LogP contribution is 2.20. The summed E-state index contributed by atoms with van der Waals surface area (Å²) in [7, 11) is 0. The van der Waals surface area contributed by atoms with Gasteiger partial charge in [0.2, 0.25) is 0 Å². The number of carbonyl (C=O) groups excluding carboxylic acids is 1. The zero-order valence-electron chi connectivity index (χ0n) is 12.7. The number of aromatic nitrogens is 3. The largest absolute Gasteiger partial charge is 0.350 e. The summed E-state index contributed by atoms with van der Waals surface area (Å²) in [4.78, 5) is 12.3. The van der Waals surface area contributed by atoms with Crippen molar-refractivity contribution in [3.8, 4) is 0 Å². The zero-order chi connectivity index (χ0) is 15.4. The van der Waals surface area contributed by atoms with Gasteiger partial charge in [-0.2, -0.15) is 11.3 Å². The van der Waals surface area contributed by atoms with Crippen molar-refractivity contribution in [1.82, 2.24) is 25.6 Å². The molecule has 1 aliphatic rings. The van der Waals surface area contributed by atoms with E-state index in [4.69, 9.17) is 0 Å². The second kappa shape index (κ2) is 7.02. The van der Waals surface area contributed by atoms with Crippen LogP contribution in [0.3, 0.4) is 0 Å². The number of amides is 1. The third-order valence-electron chi connectivity index (χ3n) is 4.08. The van der Waals surface area contributed by atoms with Crippen LogP contribution in [0.5, 0.6) is 0 Å². The molecule has 0 spiro atoms. The van der Waals surface area contributed by atoms with Crippen molar-refractivity contribution in [2.45, 2.75) is 32.2 Å². The Bertz CT molecular complexity index is 616. The minimum Gasteiger partial charge on any atom is -0.350 e. The maximum absolute atomic E-state index is 12.3. The van der Waals surface area contributed by atoms with E-state index in [2.05, 4.69) is 32.4 Å². The third kappa shape index (κ3) is 3.36. The van der Waals surface area contributed by atoms with E-state index in [1.165, 1.54) is 5.56 Å². The molecule has 3 rings (SSSR count). The van der Waals surface area contributed by atoms with Crippen LogP contribution in [0, 0.1) is 6.92 Å². The van der Waals surface area contributed by atoms with Crippen LogP contribution in [0.4, 0.5) is 0 Å². The highest BCUT2D eigenvalue weighted by atomic mass is 32.1. The molecule has 0 aliphatic carbocycles. The summed E-state index contributed by atoms with van der Waals surface area (Å²) >= 11 is 1.67. The first-order valence-electron chi connectivity index (χ1n) is 7.67. The van der Waals surface area contributed by atoms with Gasteiger partial charge in [0.1, 0.15) is 0 Å². The molecule has 1 fully saturated rings. The van der Waals surface area contributed by atoms with Crippen LogP contribution in [-0.2, 0) is 6.42 Å². The van der Waals surface area contributed by atoms with Crippen LogP contribution in [0.25, 0.3) is 0 Å². The number of thiophene rings is 1. The fourth-order valence-corrected chi connectivity index (χ4v) is 3.49. The lowest BCUT2D eigenvalue weighted by Crippen LogP contribution is -2.30. The summed E-state index contributed by atoms with van der Waals surface area (Å²) in [6.07, 6.45) is 2.91. The van der Waals surface area contributed by atoms with Crippen molar-refractivity contribution in [3.63, 3.8) is 0 Å². The van der Waals surface area contributed by atoms with E-state index in [1.54, 1.807) is 11.3 Å². The molecule has 1 amide bonds. The molecule has 0 unspecified atom stereocenters. The average Bonchev–Trinajstić information content (AvgIpc) is 3.18. The van der Waals surface area contributed by atoms with Gasteiger partial charge in [0.15, 0.2) is 5.69 Å². The van der Waals surface area contributed by atoms with Gasteiger partial charge in [-0.05, 0) is 61.7 Å². The minimum absolute atomic E-state index is 0.132. The molecular formula is C15H21N5OS. The van der Waals surface area contributed by atoms with Crippen molar-refractivity contribution in [3.05, 3.63) is 33.8 Å². The van der Waals surface area contributed by atoms with Gasteiger partial charge in [-0.1, -0.05) is 5.21 Å². The molecule has 1 aliphatic heterocycles. The molecule has 6 nitrogen and oxygen atoms in total. The van der Waals surface area contributed by atoms with E-state index in [1.807, 2.05) is 17.0 Å². The number of nitrogens with zero attached hydrogens (tertiary/aromatic N) is 3. The minimum atomic E-state index is -0.132. The maximum atomic E-state index is 12.3. The fourth-order valence-electron chi connectivity index (χ4n) is 2.79. The number of piperidine rings is 1. The second-order valence-corrected chi connectivity index (χ2v) is 6.37. The molecular weight excluding hydrogens is 298 g/mol. The molecule has 2 N–H and O–H groups in total. The van der Waals surface area contributed by atoms with E-state index in [9.17, 15) is 4.79 Å². The molecule has 22 heavy (non-hydrogen) atoms. The van der Waals surface area contributed by atoms with Crippen molar-refractivity contribution < 1.29 is 4.79 Å². The molecule has 0 aromatic carbocycles. The van der Waals surface area contributed by atoms with Gasteiger partial charge >= 0.3 is 0 Å². The Kier molecular flexibility index (Phi) is 4.84. The van der Waals surface area contributed by atoms with E-state index in [0.717, 1.165) is 38.0 Å². The summed E-state index contributed by atoms with van der Waals surface area (Å²) < 4.78 is 1.91. The van der Waals surface area contributed by atoms with Crippen LogP contribution in [-0.4, -0.2) is 40.5 Å². The SMILES string of the molecule is Cc1c(C(=O)NCCc2ccsc2)nnn1C1CCNCC1. The van der Waals surface area contributed by atoms with E-state index in [0.29, 0.717) is 18.3 Å². The Hall–Kier alpha value is -1.73. The maximum Gasteiger partial charge on any atom is 0.273 e. The summed E-state index contributed by atoms with van der Waals surface area (Å²) in [6, 6.07) is 2.43. The Morgan fingerprint density at radius 3 is 3.05 bits per heavy atom. The van der Waals surface area contributed by atoms with Crippen molar-refractivity contribution >= 4 is 17.2 Å². The van der Waals surface area contributed by atoms with Crippen molar-refractivity contribution in [2.75, 3.05) is 19.6 Å². The molecule has 0 atom stereocenters. The lowest BCUT2D eigenvalue weighted by Gasteiger charge is -2.23. The molecule has 7 heteroatoms. The Morgan fingerprint density at radius 1 is 1.50 bits per heavy atom. The van der Waals surface area contributed by atoms with Gasteiger partial charge in [-0.15, -0.1) is 5.10 Å². The number of hydrogen-bond donors (Lipinski definition) is 2. The van der Waals surface area contributed by atoms with Gasteiger partial charge in [-0.3, -0.25) is 4.79 Å². The van der Waals surface area contributed by atoms with Crippen molar-refractivity contribution in [1.29, 1.82) is 0 Å². The monoisotopic (exact) mass is 319 g/mol. The standard InChI is InChI=1S/C15H21N5OS/c1-11-14(15(21)17-8-2-12-5-9-22-10-12)18-19-20(11)13-3-6-16-7-4-13/h5,9-10,13,16H,2-4,6-8H2,1H3,(H,17,21). The predicted molar refractivity (Wildman–Crippen MR) is 86.3 cm³/mol. The first-order chi connectivity index (χ1) is 10.8. The normalized spacial score (nSPS) is 15.9. The van der Waals surface area contributed by atoms with Crippen LogP contribution >= 0.6 is 11.3 Å². The molecule has 0 bridgehead atoms. The fraction of sp³-hybridized carbons (Fsp3) is 0.533. The third-order valence-corrected chi connectivity index (χ3v) is 4.81. The molecule has 3 heterocycles. The number of nitrogens with one attached hydrogen (secondary N) is 2. The lowest BCUT2D eigenvalue weighted by atomic mass is 10.1. The second-order valence-electron chi connectivity index (χ2n) is 5.59.